The zero-order chi connectivity index (χ0) is 15.7. The van der Waals surface area contributed by atoms with Gasteiger partial charge in [0.1, 0.15) is 11.0 Å². The van der Waals surface area contributed by atoms with Gasteiger partial charge >= 0.3 is 0 Å². The van der Waals surface area contributed by atoms with Crippen LogP contribution in [0.2, 0.25) is 5.02 Å². The molecule has 3 rings (SSSR count). The topological polar surface area (TPSA) is 42.4 Å². The number of hydrogen-bond donors (Lipinski definition) is 0. The Bertz CT molecular complexity index is 701. The lowest BCUT2D eigenvalue weighted by atomic mass is 10.1. The Kier molecular flexibility index (Phi) is 4.47. The van der Waals surface area contributed by atoms with Crippen LogP contribution in [0.15, 0.2) is 24.3 Å². The van der Waals surface area contributed by atoms with Crippen LogP contribution < -0.4 is 0 Å². The van der Waals surface area contributed by atoms with E-state index in [9.17, 15) is 4.79 Å². The zero-order valence-electron chi connectivity index (χ0n) is 12.5. The highest BCUT2D eigenvalue weighted by molar-refractivity contribution is 7.13. The summed E-state index contributed by atoms with van der Waals surface area (Å²) in [6, 6.07) is 7.61. The highest BCUT2D eigenvalue weighted by Crippen LogP contribution is 2.29. The van der Waals surface area contributed by atoms with E-state index < -0.39 is 0 Å². The Morgan fingerprint density at radius 1 is 1.41 bits per heavy atom. The van der Waals surface area contributed by atoms with E-state index in [1.165, 1.54) is 11.3 Å². The highest BCUT2D eigenvalue weighted by atomic mass is 35.5. The van der Waals surface area contributed by atoms with Crippen molar-refractivity contribution in [1.29, 1.82) is 0 Å². The normalized spacial score (nSPS) is 18.5. The Hall–Kier alpha value is -1.43. The quantitative estimate of drug-likeness (QED) is 0.841. The van der Waals surface area contributed by atoms with Crippen LogP contribution in [-0.2, 0) is 4.74 Å². The maximum Gasteiger partial charge on any atom is 0.266 e. The summed E-state index contributed by atoms with van der Waals surface area (Å²) in [6.45, 7) is 5.41. The van der Waals surface area contributed by atoms with Gasteiger partial charge in [-0.15, -0.1) is 11.3 Å². The van der Waals surface area contributed by atoms with E-state index in [-0.39, 0.29) is 12.0 Å². The fourth-order valence-corrected chi connectivity index (χ4v) is 3.78. The van der Waals surface area contributed by atoms with E-state index in [0.29, 0.717) is 24.7 Å². The Balaban J connectivity index is 1.80. The summed E-state index contributed by atoms with van der Waals surface area (Å²) in [4.78, 5) is 19.6. The van der Waals surface area contributed by atoms with Crippen molar-refractivity contribution in [3.8, 4) is 0 Å². The number of rotatable bonds is 2. The first kappa shape index (κ1) is 15.5. The predicted octanol–water partition coefficient (Wildman–Crippen LogP) is 3.63. The number of aryl methyl sites for hydroxylation is 2. The summed E-state index contributed by atoms with van der Waals surface area (Å²) in [6.07, 6.45) is -0.180. The van der Waals surface area contributed by atoms with Gasteiger partial charge in [0.2, 0.25) is 0 Å². The lowest BCUT2D eigenvalue weighted by molar-refractivity contribution is -0.0226. The second-order valence-electron chi connectivity index (χ2n) is 5.28. The molecule has 0 saturated carbocycles. The highest BCUT2D eigenvalue weighted by Gasteiger charge is 2.29. The van der Waals surface area contributed by atoms with Crippen LogP contribution in [0.25, 0.3) is 0 Å². The van der Waals surface area contributed by atoms with Crippen LogP contribution in [0.5, 0.6) is 0 Å². The number of thiazole rings is 1. The van der Waals surface area contributed by atoms with Crippen LogP contribution in [0.1, 0.15) is 32.0 Å². The van der Waals surface area contributed by atoms with Crippen LogP contribution in [-0.4, -0.2) is 35.5 Å². The molecule has 1 amide bonds. The fraction of sp³-hybridized carbons (Fsp3) is 0.375. The molecule has 1 fully saturated rings. The lowest BCUT2D eigenvalue weighted by Crippen LogP contribution is -2.42. The van der Waals surface area contributed by atoms with Crippen molar-refractivity contribution in [3.05, 3.63) is 50.4 Å². The first-order valence-corrected chi connectivity index (χ1v) is 8.35. The van der Waals surface area contributed by atoms with Gasteiger partial charge in [0.25, 0.3) is 5.91 Å². The van der Waals surface area contributed by atoms with Crippen molar-refractivity contribution in [3.63, 3.8) is 0 Å². The molecule has 2 aromatic rings. The van der Waals surface area contributed by atoms with Gasteiger partial charge in [0.15, 0.2) is 0 Å². The predicted molar refractivity (Wildman–Crippen MR) is 87.6 cm³/mol. The van der Waals surface area contributed by atoms with E-state index in [2.05, 4.69) is 4.98 Å². The van der Waals surface area contributed by atoms with Crippen molar-refractivity contribution >= 4 is 28.8 Å². The van der Waals surface area contributed by atoms with E-state index in [1.54, 1.807) is 0 Å². The molecule has 0 radical (unpaired) electrons. The molecule has 0 bridgehead atoms. The molecule has 0 spiro atoms. The van der Waals surface area contributed by atoms with Crippen LogP contribution in [0, 0.1) is 13.8 Å². The molecule has 1 atom stereocenters. The molecule has 6 heteroatoms. The maximum absolute atomic E-state index is 12.7. The molecule has 22 heavy (non-hydrogen) atoms. The summed E-state index contributed by atoms with van der Waals surface area (Å²) in [7, 11) is 0. The van der Waals surface area contributed by atoms with Gasteiger partial charge in [-0.1, -0.05) is 29.8 Å². The van der Waals surface area contributed by atoms with Crippen molar-refractivity contribution in [2.75, 3.05) is 19.7 Å². The Labute approximate surface area is 138 Å². The maximum atomic E-state index is 12.7. The molecular formula is C16H17ClN2O2S. The van der Waals surface area contributed by atoms with Crippen molar-refractivity contribution in [2.45, 2.75) is 20.0 Å². The van der Waals surface area contributed by atoms with E-state index in [0.717, 1.165) is 21.1 Å². The lowest BCUT2D eigenvalue weighted by Gasteiger charge is -2.33. The minimum absolute atomic E-state index is 0.0310. The van der Waals surface area contributed by atoms with Gasteiger partial charge in [-0.05, 0) is 19.9 Å². The van der Waals surface area contributed by atoms with Crippen molar-refractivity contribution in [2.24, 2.45) is 0 Å². The standard InChI is InChI=1S/C16H17ClN2O2S/c1-10-15(22-11(2)18-10)16(20)19-7-8-21-14(9-19)12-5-3-4-6-13(12)17/h3-6,14H,7-9H2,1-2H3/t14-/m0/s1. The monoisotopic (exact) mass is 336 g/mol. The summed E-state index contributed by atoms with van der Waals surface area (Å²) >= 11 is 7.69. The number of carbonyl (C=O) groups excluding carboxylic acids is 1. The average Bonchev–Trinajstić information content (AvgIpc) is 2.86. The Morgan fingerprint density at radius 2 is 2.18 bits per heavy atom. The smallest absolute Gasteiger partial charge is 0.266 e. The molecule has 0 aliphatic carbocycles. The third kappa shape index (κ3) is 3.02. The molecule has 1 aromatic carbocycles. The van der Waals surface area contributed by atoms with Gasteiger partial charge in [-0.25, -0.2) is 4.98 Å². The number of nitrogens with zero attached hydrogens (tertiary/aromatic N) is 2. The average molecular weight is 337 g/mol. The third-order valence-corrected chi connectivity index (χ3v) is 5.11. The van der Waals surface area contributed by atoms with E-state index >= 15 is 0 Å². The SMILES string of the molecule is Cc1nc(C)c(C(=O)N2CCO[C@H](c3ccccc3Cl)C2)s1. The number of ether oxygens (including phenoxy) is 1. The third-order valence-electron chi connectivity index (χ3n) is 3.70. The van der Waals surface area contributed by atoms with Crippen molar-refractivity contribution in [1.82, 2.24) is 9.88 Å². The largest absolute Gasteiger partial charge is 0.370 e. The molecule has 4 nitrogen and oxygen atoms in total. The van der Waals surface area contributed by atoms with Gasteiger partial charge in [-0.2, -0.15) is 0 Å². The minimum Gasteiger partial charge on any atom is -0.370 e. The minimum atomic E-state index is -0.180. The summed E-state index contributed by atoms with van der Waals surface area (Å²) in [5, 5.41) is 1.59. The first-order chi connectivity index (χ1) is 10.6. The molecule has 1 saturated heterocycles. The number of amides is 1. The van der Waals surface area contributed by atoms with Gasteiger partial charge < -0.3 is 9.64 Å². The number of hydrogen-bond acceptors (Lipinski definition) is 4. The van der Waals surface area contributed by atoms with Crippen LogP contribution in [0.3, 0.4) is 0 Å². The Morgan fingerprint density at radius 3 is 2.86 bits per heavy atom. The van der Waals surface area contributed by atoms with E-state index in [1.807, 2.05) is 43.0 Å². The van der Waals surface area contributed by atoms with Crippen LogP contribution >= 0.6 is 22.9 Å². The molecule has 2 heterocycles. The van der Waals surface area contributed by atoms with Crippen molar-refractivity contribution < 1.29 is 9.53 Å². The van der Waals surface area contributed by atoms with Gasteiger partial charge in [0.05, 0.1) is 23.9 Å². The number of aromatic nitrogens is 1. The molecule has 116 valence electrons. The summed E-state index contributed by atoms with van der Waals surface area (Å²) in [5.74, 6) is 0.0310. The fourth-order valence-electron chi connectivity index (χ4n) is 2.63. The molecule has 1 aliphatic heterocycles. The molecular weight excluding hydrogens is 320 g/mol. The number of halogens is 1. The summed E-state index contributed by atoms with van der Waals surface area (Å²) < 4.78 is 5.81. The number of benzene rings is 1. The van der Waals surface area contributed by atoms with Gasteiger partial charge in [0, 0.05) is 17.1 Å². The number of carbonyl (C=O) groups is 1. The molecule has 0 unspecified atom stereocenters. The molecule has 1 aliphatic rings. The number of morpholine rings is 1. The second-order valence-corrected chi connectivity index (χ2v) is 6.89. The second kappa shape index (κ2) is 6.36. The van der Waals surface area contributed by atoms with Gasteiger partial charge in [-0.3, -0.25) is 4.79 Å². The molecule has 0 N–H and O–H groups in total. The first-order valence-electron chi connectivity index (χ1n) is 7.15. The van der Waals surface area contributed by atoms with Crippen LogP contribution in [0.4, 0.5) is 0 Å². The summed E-state index contributed by atoms with van der Waals surface area (Å²) in [5.41, 5.74) is 1.73. The van der Waals surface area contributed by atoms with E-state index in [4.69, 9.17) is 16.3 Å². The molecule has 1 aromatic heterocycles. The zero-order valence-corrected chi connectivity index (χ0v) is 14.1.